The molecule has 1 aliphatic rings. The van der Waals surface area contributed by atoms with Crippen LogP contribution in [0.4, 0.5) is 4.39 Å². The van der Waals surface area contributed by atoms with Crippen molar-refractivity contribution in [1.82, 2.24) is 0 Å². The molecule has 2 heteroatoms. The molecule has 0 N–H and O–H groups in total. The molecule has 0 radical (unpaired) electrons. The third-order valence-electron chi connectivity index (χ3n) is 2.11. The fraction of sp³-hybridized carbons (Fsp3) is 0.500. The number of nitrogens with zero attached hydrogens (tertiary/aromatic N) is 1. The summed E-state index contributed by atoms with van der Waals surface area (Å²) in [6, 6.07) is 1.98. The summed E-state index contributed by atoms with van der Waals surface area (Å²) in [7, 11) is 0. The van der Waals surface area contributed by atoms with Gasteiger partial charge in [0.15, 0.2) is 0 Å². The summed E-state index contributed by atoms with van der Waals surface area (Å²) in [6.07, 6.45) is 2.75. The van der Waals surface area contributed by atoms with Crippen molar-refractivity contribution in [2.45, 2.75) is 26.7 Å². The van der Waals surface area contributed by atoms with Crippen LogP contribution >= 0.6 is 0 Å². The lowest BCUT2D eigenvalue weighted by atomic mass is 9.91. The van der Waals surface area contributed by atoms with E-state index in [1.165, 1.54) is 6.08 Å². The minimum Gasteiger partial charge on any atom is -0.207 e. The Morgan fingerprint density at radius 1 is 1.50 bits per heavy atom. The first-order chi connectivity index (χ1) is 5.65. The van der Waals surface area contributed by atoms with E-state index in [0.29, 0.717) is 18.4 Å². The number of hydrogen-bond acceptors (Lipinski definition) is 1. The van der Waals surface area contributed by atoms with Crippen LogP contribution in [0.15, 0.2) is 23.0 Å². The first-order valence-corrected chi connectivity index (χ1v) is 4.14. The van der Waals surface area contributed by atoms with Gasteiger partial charge in [-0.3, -0.25) is 0 Å². The lowest BCUT2D eigenvalue weighted by molar-refractivity contribution is 0.585. The van der Waals surface area contributed by atoms with Gasteiger partial charge in [-0.25, -0.2) is 4.39 Å². The van der Waals surface area contributed by atoms with Crippen molar-refractivity contribution in [3.8, 4) is 6.07 Å². The van der Waals surface area contributed by atoms with Gasteiger partial charge in [-0.05, 0) is 30.4 Å². The number of halogens is 1. The van der Waals surface area contributed by atoms with Crippen LogP contribution in [0.3, 0.4) is 0 Å². The molecule has 0 aromatic heterocycles. The molecule has 0 saturated carbocycles. The number of rotatable bonds is 1. The second kappa shape index (κ2) is 3.53. The fourth-order valence-electron chi connectivity index (χ4n) is 1.36. The van der Waals surface area contributed by atoms with Gasteiger partial charge in [0.2, 0.25) is 0 Å². The van der Waals surface area contributed by atoms with Crippen molar-refractivity contribution in [2.75, 3.05) is 0 Å². The molecule has 0 aliphatic heterocycles. The zero-order valence-electron chi connectivity index (χ0n) is 7.39. The van der Waals surface area contributed by atoms with E-state index in [0.717, 1.165) is 5.57 Å². The molecule has 0 unspecified atom stereocenters. The van der Waals surface area contributed by atoms with Crippen LogP contribution in [0.1, 0.15) is 26.7 Å². The molecule has 0 heterocycles. The van der Waals surface area contributed by atoms with E-state index >= 15 is 0 Å². The molecule has 0 bridgehead atoms. The van der Waals surface area contributed by atoms with Crippen molar-refractivity contribution in [2.24, 2.45) is 5.92 Å². The Bertz CT molecular complexity index is 279. The van der Waals surface area contributed by atoms with Crippen molar-refractivity contribution in [3.63, 3.8) is 0 Å². The molecular formula is C10H12FN. The monoisotopic (exact) mass is 165 g/mol. The normalized spacial score (nSPS) is 17.8. The Morgan fingerprint density at radius 3 is 2.58 bits per heavy atom. The zero-order valence-corrected chi connectivity index (χ0v) is 7.39. The molecule has 0 atom stereocenters. The standard InChI is InChI=1S/C10H12FN/c1-7(2)9-4-3-8(6-12)5-10(9)11/h5,7H,3-4H2,1-2H3. The van der Waals surface area contributed by atoms with Crippen molar-refractivity contribution < 1.29 is 4.39 Å². The highest BCUT2D eigenvalue weighted by Gasteiger charge is 2.15. The summed E-state index contributed by atoms with van der Waals surface area (Å²) >= 11 is 0. The maximum absolute atomic E-state index is 13.2. The van der Waals surface area contributed by atoms with E-state index in [1.807, 2.05) is 19.9 Å². The Kier molecular flexibility index (Phi) is 2.65. The van der Waals surface area contributed by atoms with E-state index < -0.39 is 0 Å². The largest absolute Gasteiger partial charge is 0.207 e. The minimum absolute atomic E-state index is 0.201. The lowest BCUT2D eigenvalue weighted by Crippen LogP contribution is -2.01. The Labute approximate surface area is 72.2 Å². The van der Waals surface area contributed by atoms with Crippen LogP contribution in [0.5, 0.6) is 0 Å². The molecule has 1 rings (SSSR count). The second-order valence-corrected chi connectivity index (χ2v) is 3.31. The van der Waals surface area contributed by atoms with E-state index in [4.69, 9.17) is 5.26 Å². The summed E-state index contributed by atoms with van der Waals surface area (Å²) in [4.78, 5) is 0. The van der Waals surface area contributed by atoms with Crippen LogP contribution in [0.25, 0.3) is 0 Å². The zero-order chi connectivity index (χ0) is 9.14. The summed E-state index contributed by atoms with van der Waals surface area (Å²) < 4.78 is 13.2. The fourth-order valence-corrected chi connectivity index (χ4v) is 1.36. The number of hydrogen-bond donors (Lipinski definition) is 0. The van der Waals surface area contributed by atoms with Gasteiger partial charge in [-0.15, -0.1) is 0 Å². The summed E-state index contributed by atoms with van der Waals surface area (Å²) in [5.41, 5.74) is 1.39. The van der Waals surface area contributed by atoms with E-state index in [2.05, 4.69) is 0 Å². The van der Waals surface area contributed by atoms with Gasteiger partial charge in [0.05, 0.1) is 6.07 Å². The van der Waals surface area contributed by atoms with E-state index in [1.54, 1.807) is 0 Å². The second-order valence-electron chi connectivity index (χ2n) is 3.31. The third-order valence-corrected chi connectivity index (χ3v) is 2.11. The molecule has 64 valence electrons. The molecule has 0 fully saturated rings. The van der Waals surface area contributed by atoms with Gasteiger partial charge in [0, 0.05) is 5.57 Å². The summed E-state index contributed by atoms with van der Waals surface area (Å²) in [5, 5.41) is 8.53. The van der Waals surface area contributed by atoms with Crippen LogP contribution < -0.4 is 0 Å². The first kappa shape index (κ1) is 8.99. The topological polar surface area (TPSA) is 23.8 Å². The van der Waals surface area contributed by atoms with Gasteiger partial charge >= 0.3 is 0 Å². The highest BCUT2D eigenvalue weighted by molar-refractivity contribution is 5.36. The van der Waals surface area contributed by atoms with Gasteiger partial charge < -0.3 is 0 Å². The van der Waals surface area contributed by atoms with Crippen LogP contribution in [-0.2, 0) is 0 Å². The predicted molar refractivity (Wildman–Crippen MR) is 45.9 cm³/mol. The average molecular weight is 165 g/mol. The van der Waals surface area contributed by atoms with Gasteiger partial charge in [-0.2, -0.15) is 5.26 Å². The highest BCUT2D eigenvalue weighted by Crippen LogP contribution is 2.29. The summed E-state index contributed by atoms with van der Waals surface area (Å²) in [6.45, 7) is 3.94. The minimum atomic E-state index is -0.201. The van der Waals surface area contributed by atoms with E-state index in [-0.39, 0.29) is 11.7 Å². The molecule has 0 aromatic carbocycles. The molecule has 0 spiro atoms. The van der Waals surface area contributed by atoms with Crippen LogP contribution in [0.2, 0.25) is 0 Å². The van der Waals surface area contributed by atoms with E-state index in [9.17, 15) is 4.39 Å². The van der Waals surface area contributed by atoms with Crippen molar-refractivity contribution >= 4 is 0 Å². The smallest absolute Gasteiger partial charge is 0.123 e. The molecule has 1 aliphatic carbocycles. The Morgan fingerprint density at radius 2 is 2.17 bits per heavy atom. The molecule has 12 heavy (non-hydrogen) atoms. The first-order valence-electron chi connectivity index (χ1n) is 4.14. The molecule has 0 amide bonds. The van der Waals surface area contributed by atoms with Crippen LogP contribution in [0, 0.1) is 17.2 Å². The highest BCUT2D eigenvalue weighted by atomic mass is 19.1. The Balaban J connectivity index is 2.92. The Hall–Kier alpha value is -1.10. The maximum atomic E-state index is 13.2. The van der Waals surface area contributed by atoms with Crippen LogP contribution in [-0.4, -0.2) is 0 Å². The van der Waals surface area contributed by atoms with Gasteiger partial charge in [0.25, 0.3) is 0 Å². The average Bonchev–Trinajstić information content (AvgIpc) is 2.03. The number of allylic oxidation sites excluding steroid dienone is 4. The quantitative estimate of drug-likeness (QED) is 0.585. The SMILES string of the molecule is CC(C)C1=C(F)C=C(C#N)CC1. The van der Waals surface area contributed by atoms with Gasteiger partial charge in [-0.1, -0.05) is 13.8 Å². The third kappa shape index (κ3) is 1.73. The maximum Gasteiger partial charge on any atom is 0.123 e. The van der Waals surface area contributed by atoms with Crippen molar-refractivity contribution in [1.29, 1.82) is 5.26 Å². The molecule has 1 nitrogen and oxygen atoms in total. The lowest BCUT2D eigenvalue weighted by Gasteiger charge is -2.15. The number of nitriles is 1. The van der Waals surface area contributed by atoms with Gasteiger partial charge in [0.1, 0.15) is 5.83 Å². The molecular weight excluding hydrogens is 153 g/mol. The predicted octanol–water partition coefficient (Wildman–Crippen LogP) is 3.11. The van der Waals surface area contributed by atoms with Crippen molar-refractivity contribution in [3.05, 3.63) is 23.0 Å². The molecule has 0 saturated heterocycles. The molecule has 0 aromatic rings. The summed E-state index contributed by atoms with van der Waals surface area (Å²) in [5.74, 6) is 0.0503.